The van der Waals surface area contributed by atoms with Crippen molar-refractivity contribution in [3.05, 3.63) is 23.3 Å². The van der Waals surface area contributed by atoms with Gasteiger partial charge < -0.3 is 40.5 Å². The number of hydrogen-bond acceptors (Lipinski definition) is 9. The van der Waals surface area contributed by atoms with Gasteiger partial charge in [-0.25, -0.2) is 4.79 Å². The van der Waals surface area contributed by atoms with Crippen LogP contribution in [-0.4, -0.2) is 87.5 Å². The SMILES string of the molecule is NC(CO)(CO)CN1CC(Oc2ccc3c(c2C(=O)O)O[B-](O)(O)[C@H]2C[C@@H]32)C1. The van der Waals surface area contributed by atoms with Gasteiger partial charge in [0.1, 0.15) is 17.4 Å². The molecule has 0 unspecified atom stereocenters. The standard InChI is InChI=1S/C17H24BN2O8/c19-17(7-21,8-22)6-20-4-9(5-20)27-13-2-1-10-11-3-12(11)18(25,26)28-15(10)14(13)16(23)24/h1-2,9,11-12,21-22,25-26H,3-8,19H2,(H,23,24)/q-1/t11-,12-/m0/s1. The van der Waals surface area contributed by atoms with Crippen molar-refractivity contribution in [2.45, 2.75) is 29.8 Å². The molecular formula is C17H24BN2O8-. The molecule has 1 aromatic carbocycles. The summed E-state index contributed by atoms with van der Waals surface area (Å²) >= 11 is 0. The molecule has 1 aromatic rings. The molecular weight excluding hydrogens is 371 g/mol. The largest absolute Gasteiger partial charge is 0.669 e. The first-order chi connectivity index (χ1) is 13.2. The topological polar surface area (TPSA) is 166 Å². The normalized spacial score (nSPS) is 25.9. The lowest BCUT2D eigenvalue weighted by Crippen LogP contribution is -2.63. The lowest BCUT2D eigenvalue weighted by Gasteiger charge is -2.43. The van der Waals surface area contributed by atoms with Gasteiger partial charge >= 0.3 is 12.7 Å². The number of benzene rings is 1. The van der Waals surface area contributed by atoms with Crippen LogP contribution in [0.3, 0.4) is 0 Å². The number of likely N-dealkylation sites (tertiary alicyclic amines) is 1. The number of aliphatic hydroxyl groups is 2. The van der Waals surface area contributed by atoms with Crippen LogP contribution < -0.4 is 15.1 Å². The second-order valence-corrected chi connectivity index (χ2v) is 8.16. The fourth-order valence-electron chi connectivity index (χ4n) is 4.11. The minimum atomic E-state index is -3.08. The van der Waals surface area contributed by atoms with Gasteiger partial charge in [0.2, 0.25) is 0 Å². The van der Waals surface area contributed by atoms with Gasteiger partial charge in [-0.05, 0) is 17.5 Å². The molecule has 10 nitrogen and oxygen atoms in total. The van der Waals surface area contributed by atoms with Crippen LogP contribution in [0.5, 0.6) is 11.5 Å². The lowest BCUT2D eigenvalue weighted by atomic mass is 9.68. The lowest BCUT2D eigenvalue weighted by molar-refractivity contribution is -0.0121. The predicted octanol–water partition coefficient (Wildman–Crippen LogP) is -1.70. The summed E-state index contributed by atoms with van der Waals surface area (Å²) in [6, 6.07) is 3.29. The summed E-state index contributed by atoms with van der Waals surface area (Å²) < 4.78 is 11.1. The number of aromatic carboxylic acids is 1. The zero-order chi connectivity index (χ0) is 20.3. The van der Waals surface area contributed by atoms with Crippen LogP contribution in [-0.2, 0) is 0 Å². The zero-order valence-electron chi connectivity index (χ0n) is 15.2. The minimum Gasteiger partial charge on any atom is -0.669 e. The van der Waals surface area contributed by atoms with E-state index in [0.29, 0.717) is 25.1 Å². The Balaban J connectivity index is 1.49. The highest BCUT2D eigenvalue weighted by molar-refractivity contribution is 6.62. The van der Waals surface area contributed by atoms with Crippen molar-refractivity contribution in [3.8, 4) is 11.5 Å². The fraction of sp³-hybridized carbons (Fsp3) is 0.588. The molecule has 0 amide bonds. The molecule has 7 N–H and O–H groups in total. The molecule has 0 aromatic heterocycles. The molecule has 2 aliphatic heterocycles. The Hall–Kier alpha value is -1.89. The van der Waals surface area contributed by atoms with Crippen LogP contribution in [0, 0.1) is 0 Å². The molecule has 28 heavy (non-hydrogen) atoms. The third-order valence-corrected chi connectivity index (χ3v) is 5.84. The molecule has 11 heteroatoms. The summed E-state index contributed by atoms with van der Waals surface area (Å²) in [4.78, 5) is 13.7. The molecule has 0 spiro atoms. The summed E-state index contributed by atoms with van der Waals surface area (Å²) in [5.74, 6) is -1.71. The molecule has 1 saturated heterocycles. The maximum absolute atomic E-state index is 11.8. The molecule has 3 aliphatic rings. The quantitative estimate of drug-likeness (QED) is 0.293. The van der Waals surface area contributed by atoms with Crippen molar-refractivity contribution in [2.75, 3.05) is 32.8 Å². The first-order valence-corrected chi connectivity index (χ1v) is 9.25. The molecule has 2 heterocycles. The monoisotopic (exact) mass is 395 g/mol. The van der Waals surface area contributed by atoms with Crippen molar-refractivity contribution in [3.63, 3.8) is 0 Å². The highest BCUT2D eigenvalue weighted by Crippen LogP contribution is 2.63. The first-order valence-electron chi connectivity index (χ1n) is 9.25. The molecule has 1 saturated carbocycles. The van der Waals surface area contributed by atoms with Gasteiger partial charge in [-0.15, -0.1) is 0 Å². The Morgan fingerprint density at radius 2 is 2.00 bits per heavy atom. The number of hydrogen-bond donors (Lipinski definition) is 6. The Kier molecular flexibility index (Phi) is 4.57. The van der Waals surface area contributed by atoms with Crippen molar-refractivity contribution in [1.29, 1.82) is 0 Å². The number of aliphatic hydroxyl groups excluding tert-OH is 2. The number of fused-ring (bicyclic) bond motifs is 3. The van der Waals surface area contributed by atoms with E-state index in [4.69, 9.17) is 15.1 Å². The highest BCUT2D eigenvalue weighted by atomic mass is 16.6. The van der Waals surface area contributed by atoms with Crippen LogP contribution in [0.1, 0.15) is 28.3 Å². The summed E-state index contributed by atoms with van der Waals surface area (Å²) in [7, 11) is 0. The van der Waals surface area contributed by atoms with Crippen molar-refractivity contribution in [2.24, 2.45) is 5.73 Å². The summed E-state index contributed by atoms with van der Waals surface area (Å²) in [6.07, 6.45) is 0.251. The van der Waals surface area contributed by atoms with Crippen LogP contribution in [0.2, 0.25) is 5.82 Å². The van der Waals surface area contributed by atoms with E-state index < -0.39 is 24.1 Å². The van der Waals surface area contributed by atoms with Gasteiger partial charge in [0, 0.05) is 19.6 Å². The predicted molar refractivity (Wildman–Crippen MR) is 97.3 cm³/mol. The number of nitrogens with zero attached hydrogens (tertiary/aromatic N) is 1. The molecule has 154 valence electrons. The number of nitrogens with two attached hydrogens (primary N) is 1. The molecule has 4 rings (SSSR count). The van der Waals surface area contributed by atoms with Crippen LogP contribution >= 0.6 is 0 Å². The summed E-state index contributed by atoms with van der Waals surface area (Å²) in [5.41, 5.74) is 5.20. The van der Waals surface area contributed by atoms with Gasteiger partial charge in [-0.3, -0.25) is 4.90 Å². The van der Waals surface area contributed by atoms with Crippen molar-refractivity contribution in [1.82, 2.24) is 4.90 Å². The smallest absolute Gasteiger partial charge is 0.434 e. The molecule has 1 aliphatic carbocycles. The summed E-state index contributed by atoms with van der Waals surface area (Å²) in [5, 5.41) is 48.3. The number of carboxylic acid groups (broad SMARTS) is 1. The van der Waals surface area contributed by atoms with Crippen LogP contribution in [0.15, 0.2) is 12.1 Å². The Morgan fingerprint density at radius 1 is 1.32 bits per heavy atom. The third-order valence-electron chi connectivity index (χ3n) is 5.84. The zero-order valence-corrected chi connectivity index (χ0v) is 15.2. The number of carbonyl (C=O) groups is 1. The molecule has 2 fully saturated rings. The van der Waals surface area contributed by atoms with E-state index in [1.165, 1.54) is 0 Å². The van der Waals surface area contributed by atoms with Gasteiger partial charge in [0.15, 0.2) is 0 Å². The number of ether oxygens (including phenoxy) is 1. The second kappa shape index (κ2) is 6.58. The van der Waals surface area contributed by atoms with Crippen molar-refractivity contribution < 1.29 is 39.6 Å². The summed E-state index contributed by atoms with van der Waals surface area (Å²) in [6.45, 7) is -2.61. The van der Waals surface area contributed by atoms with E-state index in [1.54, 1.807) is 12.1 Å². The van der Waals surface area contributed by atoms with Crippen LogP contribution in [0.25, 0.3) is 0 Å². The van der Waals surface area contributed by atoms with Crippen LogP contribution in [0.4, 0.5) is 0 Å². The average Bonchev–Trinajstić information content (AvgIpc) is 3.40. The van der Waals surface area contributed by atoms with E-state index in [2.05, 4.69) is 0 Å². The molecule has 0 radical (unpaired) electrons. The highest BCUT2D eigenvalue weighted by Gasteiger charge is 2.55. The number of carboxylic acids is 1. The number of rotatable bonds is 7. The van der Waals surface area contributed by atoms with E-state index in [9.17, 15) is 30.2 Å². The second-order valence-electron chi connectivity index (χ2n) is 8.16. The molecule has 0 bridgehead atoms. The van der Waals surface area contributed by atoms with E-state index in [0.717, 1.165) is 0 Å². The maximum atomic E-state index is 11.8. The Labute approximate surface area is 161 Å². The van der Waals surface area contributed by atoms with E-state index >= 15 is 0 Å². The van der Waals surface area contributed by atoms with Crippen molar-refractivity contribution >= 4 is 12.7 Å². The minimum absolute atomic E-state index is 0.0357. The van der Waals surface area contributed by atoms with Gasteiger partial charge in [-0.1, -0.05) is 18.3 Å². The molecule has 2 atom stereocenters. The van der Waals surface area contributed by atoms with E-state index in [-0.39, 0.29) is 48.8 Å². The maximum Gasteiger partial charge on any atom is 0.434 e. The van der Waals surface area contributed by atoms with E-state index in [1.807, 2.05) is 4.90 Å². The first kappa shape index (κ1) is 19.4. The Morgan fingerprint density at radius 3 is 2.61 bits per heavy atom. The van der Waals surface area contributed by atoms with Gasteiger partial charge in [-0.2, -0.15) is 0 Å². The Bertz CT molecular complexity index is 794. The fourth-order valence-corrected chi connectivity index (χ4v) is 4.11. The third kappa shape index (κ3) is 3.23. The average molecular weight is 395 g/mol. The van der Waals surface area contributed by atoms with Gasteiger partial charge in [0.25, 0.3) is 0 Å². The van der Waals surface area contributed by atoms with Gasteiger partial charge in [0.05, 0.1) is 24.5 Å².